The van der Waals surface area contributed by atoms with E-state index in [-0.39, 0.29) is 17.7 Å². The number of ether oxygens (including phenoxy) is 1. The van der Waals surface area contributed by atoms with Gasteiger partial charge in [-0.2, -0.15) is 0 Å². The summed E-state index contributed by atoms with van der Waals surface area (Å²) in [5, 5.41) is 22.7. The fraction of sp³-hybridized carbons (Fsp3) is 0.556. The number of aromatic hydroxyl groups is 1. The maximum atomic E-state index is 14.2. The van der Waals surface area contributed by atoms with Crippen molar-refractivity contribution in [2.24, 2.45) is 29.4 Å². The molecule has 210 valence electrons. The maximum absolute atomic E-state index is 14.2. The second-order valence-electron chi connectivity index (χ2n) is 11.0. The SMILES string of the molecule is CCC(=O)O[C@H]1[C@H]2C(C(=O)c3c(O)ccc(N(C)C)c3[C@@H]2C)C(=O)[C@]2(O)C(=O)C(C(N)=O)C(=O)[C@@H](N(C)C)[C@H]12. The normalized spacial score (nSPS) is 33.8. The van der Waals surface area contributed by atoms with Crippen LogP contribution >= 0.6 is 0 Å². The summed E-state index contributed by atoms with van der Waals surface area (Å²) in [4.78, 5) is 83.2. The minimum atomic E-state index is -3.04. The molecule has 1 aromatic rings. The number of aliphatic hydroxyl groups is 1. The fourth-order valence-electron chi connectivity index (χ4n) is 6.79. The number of rotatable bonds is 5. The third kappa shape index (κ3) is 3.80. The topological polar surface area (TPSA) is 185 Å². The Kier molecular flexibility index (Phi) is 6.93. The van der Waals surface area contributed by atoms with Gasteiger partial charge in [-0.25, -0.2) is 0 Å². The number of amides is 1. The molecule has 0 saturated heterocycles. The summed E-state index contributed by atoms with van der Waals surface area (Å²) >= 11 is 0. The smallest absolute Gasteiger partial charge is 0.305 e. The number of hydrogen-bond acceptors (Lipinski definition) is 11. The standard InChI is InChI=1S/C27H33N3O9/c1-7-13(32)39-23-15-10(2)14-11(29(3)4)8-9-12(31)16(14)21(33)17(15)24(35)27(38)19(23)20(30(5)6)22(34)18(25(27)36)26(28)37/h8-10,15,17-20,23,31,38H,7H2,1-6H3,(H2,28,37)/t10-,15+,17?,18?,19+,20-,23-,27-/m0/s1. The van der Waals surface area contributed by atoms with Crippen LogP contribution in [0.2, 0.25) is 0 Å². The Morgan fingerprint density at radius 3 is 2.21 bits per heavy atom. The molecule has 0 radical (unpaired) electrons. The van der Waals surface area contributed by atoms with Gasteiger partial charge in [-0.05, 0) is 37.7 Å². The van der Waals surface area contributed by atoms with Crippen LogP contribution in [0.3, 0.4) is 0 Å². The highest BCUT2D eigenvalue weighted by Crippen LogP contribution is 2.56. The quantitative estimate of drug-likeness (QED) is 0.319. The molecule has 3 aliphatic carbocycles. The lowest BCUT2D eigenvalue weighted by molar-refractivity contribution is -0.205. The van der Waals surface area contributed by atoms with Gasteiger partial charge >= 0.3 is 5.97 Å². The molecular formula is C27H33N3O9. The van der Waals surface area contributed by atoms with Crippen molar-refractivity contribution in [1.82, 2.24) is 4.90 Å². The third-order valence-corrected chi connectivity index (χ3v) is 8.45. The molecule has 0 aliphatic heterocycles. The van der Waals surface area contributed by atoms with E-state index in [1.54, 1.807) is 32.0 Å². The second kappa shape index (κ2) is 9.53. The van der Waals surface area contributed by atoms with Gasteiger partial charge in [-0.3, -0.25) is 33.7 Å². The minimum absolute atomic E-state index is 0.103. The van der Waals surface area contributed by atoms with Crippen molar-refractivity contribution in [3.05, 3.63) is 23.3 Å². The highest BCUT2D eigenvalue weighted by Gasteiger charge is 2.74. The molecule has 3 aliphatic rings. The van der Waals surface area contributed by atoms with Crippen LogP contribution in [0.1, 0.15) is 42.1 Å². The van der Waals surface area contributed by atoms with E-state index in [1.807, 2.05) is 0 Å². The van der Waals surface area contributed by atoms with E-state index in [1.165, 1.54) is 32.0 Å². The zero-order valence-electron chi connectivity index (χ0n) is 22.6. The fourth-order valence-corrected chi connectivity index (χ4v) is 6.79. The lowest BCUT2D eigenvalue weighted by Gasteiger charge is -2.56. The Balaban J connectivity index is 2.06. The molecular weight excluding hydrogens is 510 g/mol. The number of phenolic OH excluding ortho intramolecular Hbond substituents is 1. The van der Waals surface area contributed by atoms with E-state index >= 15 is 0 Å². The van der Waals surface area contributed by atoms with Crippen LogP contribution in [0.4, 0.5) is 5.69 Å². The summed E-state index contributed by atoms with van der Waals surface area (Å²) in [6, 6.07) is 1.50. The van der Waals surface area contributed by atoms with Gasteiger partial charge in [0.25, 0.3) is 0 Å². The lowest BCUT2D eigenvalue weighted by atomic mass is 9.49. The van der Waals surface area contributed by atoms with E-state index in [0.29, 0.717) is 11.3 Å². The largest absolute Gasteiger partial charge is 0.507 e. The number of Topliss-reactive ketones (excluding diaryl/α,β-unsaturated/α-hetero) is 4. The number of esters is 1. The molecule has 2 unspecified atom stereocenters. The van der Waals surface area contributed by atoms with Crippen LogP contribution in [0.15, 0.2) is 12.1 Å². The van der Waals surface area contributed by atoms with Gasteiger partial charge in [0, 0.05) is 32.1 Å². The van der Waals surface area contributed by atoms with E-state index in [9.17, 15) is 39.0 Å². The first-order valence-corrected chi connectivity index (χ1v) is 12.7. The van der Waals surface area contributed by atoms with Crippen molar-refractivity contribution >= 4 is 40.7 Å². The van der Waals surface area contributed by atoms with Gasteiger partial charge in [0.2, 0.25) is 5.91 Å². The molecule has 4 N–H and O–H groups in total. The number of carbonyl (C=O) groups is 6. The summed E-state index contributed by atoms with van der Waals surface area (Å²) in [6.45, 7) is 3.22. The molecule has 12 heteroatoms. The molecule has 0 bridgehead atoms. The number of phenols is 1. The third-order valence-electron chi connectivity index (χ3n) is 8.45. The van der Waals surface area contributed by atoms with E-state index in [2.05, 4.69) is 0 Å². The van der Waals surface area contributed by atoms with Gasteiger partial charge in [0.15, 0.2) is 34.7 Å². The number of likely N-dealkylation sites (N-methyl/N-ethyl adjacent to an activating group) is 1. The van der Waals surface area contributed by atoms with Crippen molar-refractivity contribution in [3.8, 4) is 5.75 Å². The Labute approximate surface area is 225 Å². The van der Waals surface area contributed by atoms with Gasteiger partial charge in [-0.1, -0.05) is 13.8 Å². The zero-order valence-corrected chi connectivity index (χ0v) is 22.6. The molecule has 39 heavy (non-hydrogen) atoms. The summed E-state index contributed by atoms with van der Waals surface area (Å²) < 4.78 is 5.80. The van der Waals surface area contributed by atoms with Crippen LogP contribution in [0, 0.1) is 23.7 Å². The van der Waals surface area contributed by atoms with E-state index in [4.69, 9.17) is 10.5 Å². The first-order chi connectivity index (χ1) is 18.1. The Hall–Kier alpha value is -3.64. The molecule has 8 atom stereocenters. The van der Waals surface area contributed by atoms with Crippen LogP contribution in [0.25, 0.3) is 0 Å². The maximum Gasteiger partial charge on any atom is 0.305 e. The lowest BCUT2D eigenvalue weighted by Crippen LogP contribution is -2.78. The van der Waals surface area contributed by atoms with E-state index in [0.717, 1.165) is 0 Å². The number of carbonyl (C=O) groups excluding carboxylic acids is 6. The number of primary amides is 1. The van der Waals surface area contributed by atoms with Crippen molar-refractivity contribution < 1.29 is 43.7 Å². The summed E-state index contributed by atoms with van der Waals surface area (Å²) in [6.07, 6.45) is -1.56. The summed E-state index contributed by atoms with van der Waals surface area (Å²) in [5.74, 6) is -14.2. The number of fused-ring (bicyclic) bond motifs is 3. The molecule has 2 fully saturated rings. The molecule has 1 amide bonds. The molecule has 0 aromatic heterocycles. The average molecular weight is 544 g/mol. The first-order valence-electron chi connectivity index (χ1n) is 12.7. The number of hydrogen-bond donors (Lipinski definition) is 3. The number of benzene rings is 1. The molecule has 0 spiro atoms. The van der Waals surface area contributed by atoms with Crippen molar-refractivity contribution in [1.29, 1.82) is 0 Å². The summed E-state index contributed by atoms with van der Waals surface area (Å²) in [7, 11) is 6.39. The highest BCUT2D eigenvalue weighted by atomic mass is 16.5. The van der Waals surface area contributed by atoms with Crippen LogP contribution in [0.5, 0.6) is 5.75 Å². The number of anilines is 1. The van der Waals surface area contributed by atoms with Gasteiger partial charge in [0.05, 0.1) is 23.4 Å². The number of nitrogens with zero attached hydrogens (tertiary/aromatic N) is 2. The van der Waals surface area contributed by atoms with Crippen LogP contribution < -0.4 is 10.6 Å². The van der Waals surface area contributed by atoms with Crippen molar-refractivity contribution in [2.75, 3.05) is 33.1 Å². The second-order valence-corrected chi connectivity index (χ2v) is 11.0. The number of nitrogens with two attached hydrogens (primary N) is 1. The molecule has 4 rings (SSSR count). The van der Waals surface area contributed by atoms with Crippen LogP contribution in [-0.4, -0.2) is 96.1 Å². The van der Waals surface area contributed by atoms with Crippen LogP contribution in [-0.2, 0) is 28.7 Å². The predicted molar refractivity (Wildman–Crippen MR) is 136 cm³/mol. The average Bonchev–Trinajstić information content (AvgIpc) is 2.84. The van der Waals surface area contributed by atoms with Gasteiger partial charge in [0.1, 0.15) is 11.9 Å². The predicted octanol–water partition coefficient (Wildman–Crippen LogP) is -0.574. The molecule has 1 aromatic carbocycles. The Morgan fingerprint density at radius 2 is 1.69 bits per heavy atom. The van der Waals surface area contributed by atoms with Gasteiger partial charge in [-0.15, -0.1) is 0 Å². The molecule has 2 saturated carbocycles. The van der Waals surface area contributed by atoms with Crippen molar-refractivity contribution in [3.63, 3.8) is 0 Å². The van der Waals surface area contributed by atoms with Crippen molar-refractivity contribution in [2.45, 2.75) is 43.9 Å². The molecule has 12 nitrogen and oxygen atoms in total. The highest BCUT2D eigenvalue weighted by molar-refractivity contribution is 6.32. The number of ketones is 4. The first kappa shape index (κ1) is 28.4. The zero-order chi connectivity index (χ0) is 29.3. The Bertz CT molecular complexity index is 1310. The van der Waals surface area contributed by atoms with Gasteiger partial charge < -0.3 is 25.6 Å². The van der Waals surface area contributed by atoms with E-state index < -0.39 is 82.3 Å². The Morgan fingerprint density at radius 1 is 1.08 bits per heavy atom. The monoisotopic (exact) mass is 543 g/mol. The molecule has 0 heterocycles. The summed E-state index contributed by atoms with van der Waals surface area (Å²) in [5.41, 5.74) is 3.18. The minimum Gasteiger partial charge on any atom is -0.507 e.